The number of likely N-dealkylation sites (tertiary alicyclic amines) is 1. The largest absolute Gasteiger partial charge is 0.507 e. The van der Waals surface area contributed by atoms with Crippen molar-refractivity contribution in [1.82, 2.24) is 15.5 Å². The number of hydrogen-bond donors (Lipinski definition) is 3. The third-order valence-electron chi connectivity index (χ3n) is 4.46. The molecule has 0 bridgehead atoms. The second-order valence-electron chi connectivity index (χ2n) is 6.91. The number of benzene rings is 1. The normalized spacial score (nSPS) is 18.1. The second-order valence-corrected chi connectivity index (χ2v) is 6.91. The van der Waals surface area contributed by atoms with E-state index in [1.54, 1.807) is 12.1 Å². The number of likely N-dealkylation sites (N-methyl/N-ethyl adjacent to an activating group) is 1. The Bertz CT molecular complexity index is 616. The molecule has 1 aromatic carbocycles. The molecule has 0 aromatic heterocycles. The van der Waals surface area contributed by atoms with Gasteiger partial charge in [-0.05, 0) is 58.4 Å². The van der Waals surface area contributed by atoms with Crippen LogP contribution in [0.5, 0.6) is 11.5 Å². The number of piperidine rings is 1. The summed E-state index contributed by atoms with van der Waals surface area (Å²) in [5.41, 5.74) is 0.209. The molecule has 1 fully saturated rings. The Kier molecular flexibility index (Phi) is 7.78. The molecule has 1 unspecified atom stereocenters. The molecular formula is C20H31N3O3. The first-order valence-electron chi connectivity index (χ1n) is 9.34. The van der Waals surface area contributed by atoms with Crippen molar-refractivity contribution in [2.24, 2.45) is 0 Å². The number of phenols is 1. The van der Waals surface area contributed by atoms with E-state index >= 15 is 0 Å². The number of nitrogens with zero attached hydrogens (tertiary/aromatic N) is 1. The van der Waals surface area contributed by atoms with Crippen LogP contribution in [-0.2, 0) is 0 Å². The lowest BCUT2D eigenvalue weighted by Crippen LogP contribution is -2.47. The molecule has 1 heterocycles. The van der Waals surface area contributed by atoms with E-state index in [9.17, 15) is 9.90 Å². The summed E-state index contributed by atoms with van der Waals surface area (Å²) in [4.78, 5) is 13.6. The molecule has 2 rings (SSSR count). The second kappa shape index (κ2) is 10.1. The van der Waals surface area contributed by atoms with Crippen LogP contribution in [0.15, 0.2) is 30.1 Å². The fourth-order valence-corrected chi connectivity index (χ4v) is 3.21. The summed E-state index contributed by atoms with van der Waals surface area (Å²) in [5, 5.41) is 16.5. The molecule has 1 aliphatic rings. The van der Waals surface area contributed by atoms with Crippen LogP contribution in [0.1, 0.15) is 43.5 Å². The van der Waals surface area contributed by atoms with E-state index in [1.807, 2.05) is 7.05 Å². The number of carbonyl (C=O) groups excluding carboxylic acids is 1. The van der Waals surface area contributed by atoms with E-state index in [1.165, 1.54) is 6.07 Å². The van der Waals surface area contributed by atoms with Gasteiger partial charge in [0.1, 0.15) is 18.1 Å². The Morgan fingerprint density at radius 3 is 2.92 bits per heavy atom. The quantitative estimate of drug-likeness (QED) is 0.587. The van der Waals surface area contributed by atoms with Crippen molar-refractivity contribution in [2.45, 2.75) is 45.2 Å². The van der Waals surface area contributed by atoms with Crippen molar-refractivity contribution in [2.75, 3.05) is 26.7 Å². The van der Waals surface area contributed by atoms with Crippen molar-refractivity contribution < 1.29 is 14.6 Å². The van der Waals surface area contributed by atoms with Gasteiger partial charge < -0.3 is 25.4 Å². The molecule has 0 amide bonds. The summed E-state index contributed by atoms with van der Waals surface area (Å²) in [5.74, 6) is 1.51. The van der Waals surface area contributed by atoms with Gasteiger partial charge in [-0.3, -0.25) is 4.79 Å². The number of rotatable bonds is 9. The van der Waals surface area contributed by atoms with Gasteiger partial charge in [0.2, 0.25) is 0 Å². The van der Waals surface area contributed by atoms with Crippen LogP contribution in [-0.4, -0.2) is 55.1 Å². The van der Waals surface area contributed by atoms with Gasteiger partial charge in [0.25, 0.3) is 0 Å². The van der Waals surface area contributed by atoms with E-state index in [0.29, 0.717) is 24.7 Å². The molecule has 6 heteroatoms. The molecule has 144 valence electrons. The lowest BCUT2D eigenvalue weighted by molar-refractivity contribution is 0.109. The number of hydrogen-bond acceptors (Lipinski definition) is 6. The molecule has 26 heavy (non-hydrogen) atoms. The minimum atomic E-state index is -0.0471. The van der Waals surface area contributed by atoms with Crippen molar-refractivity contribution in [3.63, 3.8) is 0 Å². The lowest BCUT2D eigenvalue weighted by atomic mass is 10.0. The maximum Gasteiger partial charge on any atom is 0.157 e. The fraction of sp³-hybridized carbons (Fsp3) is 0.550. The van der Waals surface area contributed by atoms with Crippen LogP contribution < -0.4 is 15.4 Å². The van der Waals surface area contributed by atoms with Gasteiger partial charge in [-0.15, -0.1) is 0 Å². The predicted molar refractivity (Wildman–Crippen MR) is 104 cm³/mol. The highest BCUT2D eigenvalue weighted by Gasteiger charge is 2.25. The number of ether oxygens (including phenoxy) is 1. The van der Waals surface area contributed by atoms with Crippen molar-refractivity contribution in [3.05, 3.63) is 35.7 Å². The highest BCUT2D eigenvalue weighted by Crippen LogP contribution is 2.27. The topological polar surface area (TPSA) is 73.8 Å². The minimum Gasteiger partial charge on any atom is -0.507 e. The van der Waals surface area contributed by atoms with Crippen LogP contribution in [0.25, 0.3) is 0 Å². The number of aldehydes is 1. The van der Waals surface area contributed by atoms with Crippen molar-refractivity contribution in [3.8, 4) is 11.5 Å². The van der Waals surface area contributed by atoms with Gasteiger partial charge in [-0.2, -0.15) is 0 Å². The zero-order valence-electron chi connectivity index (χ0n) is 16.0. The molecular weight excluding hydrogens is 330 g/mol. The number of carbonyl (C=O) groups is 1. The molecule has 3 N–H and O–H groups in total. The highest BCUT2D eigenvalue weighted by molar-refractivity contribution is 5.83. The Morgan fingerprint density at radius 2 is 2.23 bits per heavy atom. The maximum absolute atomic E-state index is 11.2. The Balaban J connectivity index is 2.12. The fourth-order valence-electron chi connectivity index (χ4n) is 3.21. The Morgan fingerprint density at radius 1 is 1.42 bits per heavy atom. The van der Waals surface area contributed by atoms with Crippen molar-refractivity contribution >= 4 is 6.29 Å². The van der Waals surface area contributed by atoms with E-state index in [0.717, 1.165) is 38.2 Å². The SMILES string of the molecule is CNC/C=C(\NC(C)C)N1CCCCC1COc1cccc(O)c1C=O. The molecule has 1 saturated heterocycles. The highest BCUT2D eigenvalue weighted by atomic mass is 16.5. The van der Waals surface area contributed by atoms with Gasteiger partial charge in [0.05, 0.1) is 17.4 Å². The predicted octanol–water partition coefficient (Wildman–Crippen LogP) is 2.50. The third-order valence-corrected chi connectivity index (χ3v) is 4.46. The average molecular weight is 361 g/mol. The average Bonchev–Trinajstić information content (AvgIpc) is 2.63. The summed E-state index contributed by atoms with van der Waals surface area (Å²) in [6, 6.07) is 5.47. The number of aromatic hydroxyl groups is 1. The van der Waals surface area contributed by atoms with E-state index in [2.05, 4.69) is 35.5 Å². The van der Waals surface area contributed by atoms with Crippen LogP contribution in [0, 0.1) is 0 Å². The first-order valence-corrected chi connectivity index (χ1v) is 9.34. The smallest absolute Gasteiger partial charge is 0.157 e. The lowest BCUT2D eigenvalue weighted by Gasteiger charge is -2.39. The monoisotopic (exact) mass is 361 g/mol. The third kappa shape index (κ3) is 5.39. The Labute approximate surface area is 156 Å². The summed E-state index contributed by atoms with van der Waals surface area (Å²) in [6.45, 7) is 6.50. The zero-order valence-corrected chi connectivity index (χ0v) is 16.0. The van der Waals surface area contributed by atoms with Crippen LogP contribution >= 0.6 is 0 Å². The standard InChI is InChI=1S/C20H31N3O3/c1-15(2)22-20(10-11-21-3)23-12-5-4-7-16(23)14-26-19-9-6-8-18(25)17(19)13-24/h6,8-10,13,15-16,21-22,25H,4-5,7,11-12,14H2,1-3H3/b20-10+. The molecule has 0 spiro atoms. The molecule has 0 aliphatic carbocycles. The molecule has 0 radical (unpaired) electrons. The van der Waals surface area contributed by atoms with Gasteiger partial charge >= 0.3 is 0 Å². The molecule has 1 aromatic rings. The number of nitrogens with one attached hydrogen (secondary N) is 2. The van der Waals surface area contributed by atoms with Crippen LogP contribution in [0.3, 0.4) is 0 Å². The molecule has 1 aliphatic heterocycles. The van der Waals surface area contributed by atoms with Crippen LogP contribution in [0.4, 0.5) is 0 Å². The Hall–Kier alpha value is -2.21. The van der Waals surface area contributed by atoms with Crippen LogP contribution in [0.2, 0.25) is 0 Å². The first kappa shape index (κ1) is 20.1. The molecule has 0 saturated carbocycles. The van der Waals surface area contributed by atoms with Crippen molar-refractivity contribution in [1.29, 1.82) is 0 Å². The molecule has 1 atom stereocenters. The summed E-state index contributed by atoms with van der Waals surface area (Å²) < 4.78 is 5.93. The summed E-state index contributed by atoms with van der Waals surface area (Å²) in [7, 11) is 1.93. The van der Waals surface area contributed by atoms with Gasteiger partial charge in [0, 0.05) is 19.1 Å². The molecule has 6 nitrogen and oxygen atoms in total. The van der Waals surface area contributed by atoms with E-state index < -0.39 is 0 Å². The van der Waals surface area contributed by atoms with Gasteiger partial charge in [0.15, 0.2) is 6.29 Å². The number of phenolic OH excluding ortho intramolecular Hbond substituents is 1. The first-order chi connectivity index (χ1) is 12.6. The maximum atomic E-state index is 11.2. The summed E-state index contributed by atoms with van der Waals surface area (Å²) in [6.07, 6.45) is 6.16. The van der Waals surface area contributed by atoms with E-state index in [-0.39, 0.29) is 17.4 Å². The summed E-state index contributed by atoms with van der Waals surface area (Å²) >= 11 is 0. The zero-order chi connectivity index (χ0) is 18.9. The van der Waals surface area contributed by atoms with Gasteiger partial charge in [-0.1, -0.05) is 6.07 Å². The van der Waals surface area contributed by atoms with Gasteiger partial charge in [-0.25, -0.2) is 0 Å². The minimum absolute atomic E-state index is 0.0471. The van der Waals surface area contributed by atoms with E-state index in [4.69, 9.17) is 4.74 Å².